The van der Waals surface area contributed by atoms with Crippen molar-refractivity contribution in [2.24, 2.45) is 5.11 Å². The molecule has 1 aliphatic heterocycles. The Labute approximate surface area is 161 Å². The molecule has 0 aromatic carbocycles. The maximum atomic E-state index is 12.5. The van der Waals surface area contributed by atoms with Crippen LogP contribution in [0.4, 0.5) is 4.79 Å². The van der Waals surface area contributed by atoms with E-state index in [9.17, 15) is 9.59 Å². The zero-order valence-corrected chi connectivity index (χ0v) is 17.2. The molecule has 0 N–H and O–H groups in total. The molecule has 0 radical (unpaired) electrons. The first-order valence-corrected chi connectivity index (χ1v) is 9.06. The third-order valence-electron chi connectivity index (χ3n) is 4.25. The molecular weight excluding hydrogens is 352 g/mol. The molecule has 0 unspecified atom stereocenters. The molecule has 2 atom stereocenters. The number of amides is 2. The Morgan fingerprint density at radius 3 is 2.37 bits per heavy atom. The van der Waals surface area contributed by atoms with E-state index in [2.05, 4.69) is 10.0 Å². The second-order valence-corrected chi connectivity index (χ2v) is 7.82. The second-order valence-electron chi connectivity index (χ2n) is 7.82. The van der Waals surface area contributed by atoms with E-state index in [1.165, 1.54) is 4.90 Å². The van der Waals surface area contributed by atoms with Crippen molar-refractivity contribution in [2.45, 2.75) is 44.9 Å². The number of likely N-dealkylation sites (N-methyl/N-ethyl adjacent to an activating group) is 3. The van der Waals surface area contributed by atoms with Gasteiger partial charge in [0.25, 0.3) is 0 Å². The normalized spacial score (nSPS) is 20.1. The molecule has 0 aromatic rings. The molecule has 1 fully saturated rings. The summed E-state index contributed by atoms with van der Waals surface area (Å²) < 4.78 is 10.8. The van der Waals surface area contributed by atoms with Crippen molar-refractivity contribution in [3.05, 3.63) is 10.4 Å². The van der Waals surface area contributed by atoms with Crippen LogP contribution in [0.2, 0.25) is 0 Å². The number of likely N-dealkylation sites (tertiary alicyclic amines) is 1. The quantitative estimate of drug-likeness (QED) is 0.274. The summed E-state index contributed by atoms with van der Waals surface area (Å²) in [4.78, 5) is 32.2. The minimum Gasteiger partial charge on any atom is -0.444 e. The summed E-state index contributed by atoms with van der Waals surface area (Å²) in [6.45, 7) is 7.63. The van der Waals surface area contributed by atoms with E-state index in [1.807, 2.05) is 32.7 Å². The molecule has 1 heterocycles. The van der Waals surface area contributed by atoms with Crippen LogP contribution < -0.4 is 0 Å². The maximum absolute atomic E-state index is 12.5. The van der Waals surface area contributed by atoms with Gasteiger partial charge < -0.3 is 19.3 Å². The van der Waals surface area contributed by atoms with Crippen LogP contribution in [0.5, 0.6) is 0 Å². The topological polar surface area (TPSA) is 111 Å². The summed E-state index contributed by atoms with van der Waals surface area (Å²) in [5, 5.41) is 3.71. The second kappa shape index (κ2) is 10.3. The molecule has 0 spiro atoms. The van der Waals surface area contributed by atoms with Crippen molar-refractivity contribution in [3.8, 4) is 0 Å². The first-order chi connectivity index (χ1) is 12.5. The Hall–Kier alpha value is -2.03. The van der Waals surface area contributed by atoms with Gasteiger partial charge in [-0.15, -0.1) is 0 Å². The molecule has 10 nitrogen and oxygen atoms in total. The number of carbonyl (C=O) groups is 2. The van der Waals surface area contributed by atoms with Crippen LogP contribution in [0.15, 0.2) is 5.11 Å². The largest absolute Gasteiger partial charge is 0.444 e. The molecular formula is C17H32N6O4. The van der Waals surface area contributed by atoms with E-state index in [1.54, 1.807) is 19.0 Å². The number of carbonyl (C=O) groups excluding carboxylic acids is 2. The third-order valence-corrected chi connectivity index (χ3v) is 4.25. The molecule has 1 rings (SSSR count). The SMILES string of the molecule is CN(CCOCCN(C)C(=O)[C@@H]1C[C@H](N=[N+]=[N-])CN1C)C(=O)OC(C)(C)C. The lowest BCUT2D eigenvalue weighted by Crippen LogP contribution is -2.43. The molecule has 2 amide bonds. The third kappa shape index (κ3) is 8.03. The number of nitrogens with zero attached hydrogens (tertiary/aromatic N) is 6. The van der Waals surface area contributed by atoms with Gasteiger partial charge in [-0.3, -0.25) is 9.69 Å². The first kappa shape index (κ1) is 23.0. The molecule has 10 heteroatoms. The number of hydrogen-bond acceptors (Lipinski definition) is 6. The van der Waals surface area contributed by atoms with Crippen LogP contribution >= 0.6 is 0 Å². The zero-order valence-electron chi connectivity index (χ0n) is 17.2. The molecule has 154 valence electrons. The smallest absolute Gasteiger partial charge is 0.410 e. The number of ether oxygens (including phenoxy) is 2. The minimum absolute atomic E-state index is 0.0115. The van der Waals surface area contributed by atoms with Gasteiger partial charge in [0.2, 0.25) is 5.91 Å². The van der Waals surface area contributed by atoms with Crippen molar-refractivity contribution in [2.75, 3.05) is 54.0 Å². The van der Waals surface area contributed by atoms with Crippen LogP contribution in [0.25, 0.3) is 10.4 Å². The van der Waals surface area contributed by atoms with Gasteiger partial charge in [0.15, 0.2) is 0 Å². The average Bonchev–Trinajstić information content (AvgIpc) is 2.92. The van der Waals surface area contributed by atoms with E-state index >= 15 is 0 Å². The van der Waals surface area contributed by atoms with E-state index < -0.39 is 11.7 Å². The van der Waals surface area contributed by atoms with Crippen LogP contribution in [-0.4, -0.2) is 98.4 Å². The fraction of sp³-hybridized carbons (Fsp3) is 0.882. The van der Waals surface area contributed by atoms with Crippen molar-refractivity contribution in [1.82, 2.24) is 14.7 Å². The molecule has 1 saturated heterocycles. The van der Waals surface area contributed by atoms with Gasteiger partial charge >= 0.3 is 6.09 Å². The van der Waals surface area contributed by atoms with Gasteiger partial charge in [0.05, 0.1) is 25.3 Å². The van der Waals surface area contributed by atoms with E-state index in [0.29, 0.717) is 39.3 Å². The van der Waals surface area contributed by atoms with Crippen molar-refractivity contribution < 1.29 is 19.1 Å². The van der Waals surface area contributed by atoms with Gasteiger partial charge in [0.1, 0.15) is 5.60 Å². The molecule has 0 bridgehead atoms. The van der Waals surface area contributed by atoms with Crippen LogP contribution in [0, 0.1) is 0 Å². The summed E-state index contributed by atoms with van der Waals surface area (Å²) >= 11 is 0. The Balaban J connectivity index is 2.27. The Morgan fingerprint density at radius 1 is 1.22 bits per heavy atom. The Kier molecular flexibility index (Phi) is 8.81. The highest BCUT2D eigenvalue weighted by Crippen LogP contribution is 2.20. The number of hydrogen-bond donors (Lipinski definition) is 0. The predicted molar refractivity (Wildman–Crippen MR) is 101 cm³/mol. The summed E-state index contributed by atoms with van der Waals surface area (Å²) in [6, 6.07) is -0.439. The van der Waals surface area contributed by atoms with Crippen LogP contribution in [0.3, 0.4) is 0 Å². The lowest BCUT2D eigenvalue weighted by molar-refractivity contribution is -0.134. The van der Waals surface area contributed by atoms with Gasteiger partial charge in [-0.1, -0.05) is 5.11 Å². The van der Waals surface area contributed by atoms with Gasteiger partial charge in [-0.05, 0) is 39.8 Å². The van der Waals surface area contributed by atoms with E-state index in [-0.39, 0.29) is 18.0 Å². The average molecular weight is 384 g/mol. The number of azide groups is 1. The highest BCUT2D eigenvalue weighted by Gasteiger charge is 2.35. The predicted octanol–water partition coefficient (Wildman–Crippen LogP) is 1.71. The molecule has 0 aliphatic carbocycles. The van der Waals surface area contributed by atoms with Crippen molar-refractivity contribution >= 4 is 12.0 Å². The van der Waals surface area contributed by atoms with E-state index in [0.717, 1.165) is 0 Å². The Bertz CT molecular complexity index is 558. The van der Waals surface area contributed by atoms with Crippen molar-refractivity contribution in [1.29, 1.82) is 0 Å². The van der Waals surface area contributed by atoms with Crippen LogP contribution in [0.1, 0.15) is 27.2 Å². The van der Waals surface area contributed by atoms with Gasteiger partial charge in [-0.25, -0.2) is 4.79 Å². The lowest BCUT2D eigenvalue weighted by atomic mass is 10.1. The fourth-order valence-electron chi connectivity index (χ4n) is 2.72. The van der Waals surface area contributed by atoms with Crippen molar-refractivity contribution in [3.63, 3.8) is 0 Å². The van der Waals surface area contributed by atoms with Crippen LogP contribution in [-0.2, 0) is 14.3 Å². The number of rotatable bonds is 8. The molecule has 27 heavy (non-hydrogen) atoms. The monoisotopic (exact) mass is 384 g/mol. The van der Waals surface area contributed by atoms with Gasteiger partial charge in [-0.2, -0.15) is 0 Å². The Morgan fingerprint density at radius 2 is 1.81 bits per heavy atom. The zero-order chi connectivity index (χ0) is 20.6. The standard InChI is InChI=1S/C17H32N6O4/c1-17(2,3)27-16(25)22(5)8-10-26-9-7-21(4)15(24)14-11-13(19-20-18)12-23(14)6/h13-14H,7-12H2,1-6H3/t13-,14-/m0/s1. The summed E-state index contributed by atoms with van der Waals surface area (Å²) in [5.74, 6) is -0.0115. The van der Waals surface area contributed by atoms with E-state index in [4.69, 9.17) is 15.0 Å². The highest BCUT2D eigenvalue weighted by atomic mass is 16.6. The summed E-state index contributed by atoms with van der Waals surface area (Å²) in [6.07, 6.45) is 0.142. The maximum Gasteiger partial charge on any atom is 0.410 e. The summed E-state index contributed by atoms with van der Waals surface area (Å²) in [5.41, 5.74) is 8.01. The highest BCUT2D eigenvalue weighted by molar-refractivity contribution is 5.82. The first-order valence-electron chi connectivity index (χ1n) is 9.06. The fourth-order valence-corrected chi connectivity index (χ4v) is 2.72. The minimum atomic E-state index is -0.528. The summed E-state index contributed by atoms with van der Waals surface area (Å²) in [7, 11) is 5.24. The lowest BCUT2D eigenvalue weighted by Gasteiger charge is -2.26. The van der Waals surface area contributed by atoms with Gasteiger partial charge in [0, 0.05) is 38.6 Å². The molecule has 0 aromatic heterocycles. The molecule has 1 aliphatic rings. The molecule has 0 saturated carbocycles.